The van der Waals surface area contributed by atoms with Crippen LogP contribution < -0.4 is 10.6 Å². The molecule has 0 saturated heterocycles. The average Bonchev–Trinajstić information content (AvgIpc) is 2.49. The molecule has 2 N–H and O–H groups in total. The number of halogens is 1. The highest BCUT2D eigenvalue weighted by atomic mass is 19.1. The van der Waals surface area contributed by atoms with Crippen molar-refractivity contribution in [3.63, 3.8) is 0 Å². The van der Waals surface area contributed by atoms with Crippen LogP contribution in [0.2, 0.25) is 0 Å². The standard InChI is InChI=1S/C15H19FN4O/c1-3-7-17-15-18-9-13(16)14(20-15)19-12-6-4-5-11(8-12)10-21-2/h4-6,8-9H,3,7,10H2,1-2H3,(H2,17,18,19,20). The monoisotopic (exact) mass is 290 g/mol. The van der Waals surface area contributed by atoms with Crippen LogP contribution in [0.15, 0.2) is 30.5 Å². The quantitative estimate of drug-likeness (QED) is 0.819. The number of aromatic nitrogens is 2. The minimum absolute atomic E-state index is 0.151. The molecule has 5 nitrogen and oxygen atoms in total. The number of nitrogens with one attached hydrogen (secondary N) is 2. The molecular weight excluding hydrogens is 271 g/mol. The maximum atomic E-state index is 13.8. The minimum atomic E-state index is -0.491. The molecule has 6 heteroatoms. The van der Waals surface area contributed by atoms with E-state index in [0.717, 1.165) is 30.4 Å². The summed E-state index contributed by atoms with van der Waals surface area (Å²) in [5.41, 5.74) is 1.75. The van der Waals surface area contributed by atoms with Gasteiger partial charge < -0.3 is 15.4 Å². The first kappa shape index (κ1) is 15.2. The van der Waals surface area contributed by atoms with Gasteiger partial charge in [0, 0.05) is 19.3 Å². The molecule has 0 saturated carbocycles. The number of benzene rings is 1. The van der Waals surface area contributed by atoms with Gasteiger partial charge in [-0.05, 0) is 24.1 Å². The first-order valence-corrected chi connectivity index (χ1v) is 6.84. The molecular formula is C15H19FN4O. The van der Waals surface area contributed by atoms with E-state index in [1.54, 1.807) is 7.11 Å². The largest absolute Gasteiger partial charge is 0.380 e. The third-order valence-electron chi connectivity index (χ3n) is 2.78. The van der Waals surface area contributed by atoms with E-state index < -0.39 is 5.82 Å². The summed E-state index contributed by atoms with van der Waals surface area (Å²) in [6.45, 7) is 3.29. The Morgan fingerprint density at radius 3 is 2.95 bits per heavy atom. The first-order chi connectivity index (χ1) is 10.2. The van der Waals surface area contributed by atoms with Gasteiger partial charge in [-0.15, -0.1) is 0 Å². The Morgan fingerprint density at radius 1 is 1.33 bits per heavy atom. The van der Waals surface area contributed by atoms with Crippen molar-refractivity contribution in [1.82, 2.24) is 9.97 Å². The Balaban J connectivity index is 2.16. The maximum Gasteiger partial charge on any atom is 0.224 e. The van der Waals surface area contributed by atoms with E-state index in [-0.39, 0.29) is 5.82 Å². The van der Waals surface area contributed by atoms with Gasteiger partial charge >= 0.3 is 0 Å². The van der Waals surface area contributed by atoms with Gasteiger partial charge in [0.05, 0.1) is 12.8 Å². The molecule has 1 aromatic carbocycles. The Hall–Kier alpha value is -2.21. The predicted octanol–water partition coefficient (Wildman–Crippen LogP) is 3.33. The first-order valence-electron chi connectivity index (χ1n) is 6.84. The van der Waals surface area contributed by atoms with Crippen LogP contribution in [0, 0.1) is 5.82 Å². The molecule has 1 heterocycles. The summed E-state index contributed by atoms with van der Waals surface area (Å²) in [4.78, 5) is 8.05. The van der Waals surface area contributed by atoms with Gasteiger partial charge in [0.1, 0.15) is 0 Å². The second-order valence-corrected chi connectivity index (χ2v) is 4.58. The van der Waals surface area contributed by atoms with Crippen LogP contribution in [0.25, 0.3) is 0 Å². The van der Waals surface area contributed by atoms with Crippen molar-refractivity contribution in [2.75, 3.05) is 24.3 Å². The number of anilines is 3. The molecule has 0 spiro atoms. The summed E-state index contributed by atoms with van der Waals surface area (Å²) < 4.78 is 18.9. The number of rotatable bonds is 7. The average molecular weight is 290 g/mol. The van der Waals surface area contributed by atoms with Crippen LogP contribution in [0.5, 0.6) is 0 Å². The molecule has 1 aromatic heterocycles. The highest BCUT2D eigenvalue weighted by Gasteiger charge is 2.07. The molecule has 112 valence electrons. The van der Waals surface area contributed by atoms with Crippen molar-refractivity contribution in [3.8, 4) is 0 Å². The maximum absolute atomic E-state index is 13.8. The highest BCUT2D eigenvalue weighted by molar-refractivity contribution is 5.58. The molecule has 0 aliphatic heterocycles. The molecule has 0 amide bonds. The summed E-state index contributed by atoms with van der Waals surface area (Å²) >= 11 is 0. The van der Waals surface area contributed by atoms with Gasteiger partial charge in [-0.25, -0.2) is 9.37 Å². The van der Waals surface area contributed by atoms with E-state index in [2.05, 4.69) is 20.6 Å². The third-order valence-corrected chi connectivity index (χ3v) is 2.78. The second-order valence-electron chi connectivity index (χ2n) is 4.58. The van der Waals surface area contributed by atoms with Crippen molar-refractivity contribution in [2.45, 2.75) is 20.0 Å². The van der Waals surface area contributed by atoms with Crippen molar-refractivity contribution >= 4 is 17.5 Å². The van der Waals surface area contributed by atoms with E-state index in [0.29, 0.717) is 12.6 Å². The van der Waals surface area contributed by atoms with Crippen molar-refractivity contribution in [1.29, 1.82) is 0 Å². The third kappa shape index (κ3) is 4.39. The lowest BCUT2D eigenvalue weighted by Gasteiger charge is -2.10. The van der Waals surface area contributed by atoms with Gasteiger partial charge in [0.15, 0.2) is 11.6 Å². The van der Waals surface area contributed by atoms with Crippen molar-refractivity contribution in [3.05, 3.63) is 41.8 Å². The van der Waals surface area contributed by atoms with Crippen LogP contribution in [0.1, 0.15) is 18.9 Å². The molecule has 2 aromatic rings. The van der Waals surface area contributed by atoms with E-state index in [9.17, 15) is 4.39 Å². The SMILES string of the molecule is CCCNc1ncc(F)c(Nc2cccc(COC)c2)n1. The molecule has 0 atom stereocenters. The Labute approximate surface area is 123 Å². The van der Waals surface area contributed by atoms with E-state index in [1.807, 2.05) is 31.2 Å². The van der Waals surface area contributed by atoms with E-state index in [4.69, 9.17) is 4.74 Å². The summed E-state index contributed by atoms with van der Waals surface area (Å²) in [5.74, 6) is 0.0705. The molecule has 0 radical (unpaired) electrons. The van der Waals surface area contributed by atoms with Crippen LogP contribution in [0.4, 0.5) is 21.8 Å². The molecule has 0 bridgehead atoms. The predicted molar refractivity (Wildman–Crippen MR) is 81.2 cm³/mol. The lowest BCUT2D eigenvalue weighted by Crippen LogP contribution is -2.07. The van der Waals surface area contributed by atoms with Gasteiger partial charge in [-0.1, -0.05) is 19.1 Å². The van der Waals surface area contributed by atoms with Crippen LogP contribution >= 0.6 is 0 Å². The number of hydrogen-bond acceptors (Lipinski definition) is 5. The van der Waals surface area contributed by atoms with Gasteiger partial charge in [0.25, 0.3) is 0 Å². The molecule has 0 fully saturated rings. The Morgan fingerprint density at radius 2 is 2.19 bits per heavy atom. The number of ether oxygens (including phenoxy) is 1. The second kappa shape index (κ2) is 7.54. The van der Waals surface area contributed by atoms with Crippen molar-refractivity contribution < 1.29 is 9.13 Å². The zero-order chi connectivity index (χ0) is 15.1. The fourth-order valence-corrected chi connectivity index (χ4v) is 1.82. The normalized spacial score (nSPS) is 10.4. The lowest BCUT2D eigenvalue weighted by atomic mass is 10.2. The molecule has 0 aliphatic carbocycles. The summed E-state index contributed by atoms with van der Waals surface area (Å²) in [6, 6.07) is 7.56. The summed E-state index contributed by atoms with van der Waals surface area (Å²) in [6.07, 6.45) is 2.11. The van der Waals surface area contributed by atoms with E-state index >= 15 is 0 Å². The molecule has 21 heavy (non-hydrogen) atoms. The zero-order valence-corrected chi connectivity index (χ0v) is 12.2. The molecule has 2 rings (SSSR count). The number of nitrogens with zero attached hydrogens (tertiary/aromatic N) is 2. The zero-order valence-electron chi connectivity index (χ0n) is 12.2. The smallest absolute Gasteiger partial charge is 0.224 e. The lowest BCUT2D eigenvalue weighted by molar-refractivity contribution is 0.185. The van der Waals surface area contributed by atoms with Gasteiger partial charge in [0.2, 0.25) is 5.95 Å². The summed E-state index contributed by atoms with van der Waals surface area (Å²) in [7, 11) is 1.63. The Kier molecular flexibility index (Phi) is 5.45. The number of hydrogen-bond donors (Lipinski definition) is 2. The molecule has 0 aliphatic rings. The van der Waals surface area contributed by atoms with Crippen LogP contribution in [-0.2, 0) is 11.3 Å². The highest BCUT2D eigenvalue weighted by Crippen LogP contribution is 2.19. The Bertz CT molecular complexity index is 592. The number of methoxy groups -OCH3 is 1. The topological polar surface area (TPSA) is 59.1 Å². The van der Waals surface area contributed by atoms with Crippen LogP contribution in [0.3, 0.4) is 0 Å². The summed E-state index contributed by atoms with van der Waals surface area (Å²) in [5, 5.41) is 6.00. The van der Waals surface area contributed by atoms with E-state index in [1.165, 1.54) is 0 Å². The fraction of sp³-hybridized carbons (Fsp3) is 0.333. The van der Waals surface area contributed by atoms with Crippen molar-refractivity contribution in [2.24, 2.45) is 0 Å². The molecule has 0 unspecified atom stereocenters. The van der Waals surface area contributed by atoms with Gasteiger partial charge in [-0.3, -0.25) is 0 Å². The minimum Gasteiger partial charge on any atom is -0.380 e. The fourth-order valence-electron chi connectivity index (χ4n) is 1.82. The van der Waals surface area contributed by atoms with Gasteiger partial charge in [-0.2, -0.15) is 4.98 Å². The van der Waals surface area contributed by atoms with Crippen LogP contribution in [-0.4, -0.2) is 23.6 Å².